The number of aryl methyl sites for hydroxylation is 1. The van der Waals surface area contributed by atoms with Gasteiger partial charge in [0.25, 0.3) is 5.91 Å². The van der Waals surface area contributed by atoms with Crippen molar-refractivity contribution in [2.45, 2.75) is 17.0 Å². The molecule has 2 heterocycles. The first kappa shape index (κ1) is 21.0. The molecule has 2 aromatic heterocycles. The Labute approximate surface area is 187 Å². The Kier molecular flexibility index (Phi) is 6.59. The van der Waals surface area contributed by atoms with Crippen molar-refractivity contribution in [1.82, 2.24) is 9.97 Å². The number of aromatic nitrogens is 2. The van der Waals surface area contributed by atoms with Crippen molar-refractivity contribution in [3.63, 3.8) is 0 Å². The van der Waals surface area contributed by atoms with Crippen molar-refractivity contribution in [3.8, 4) is 0 Å². The van der Waals surface area contributed by atoms with Gasteiger partial charge in [-0.1, -0.05) is 36.0 Å². The molecule has 0 spiro atoms. The summed E-state index contributed by atoms with van der Waals surface area (Å²) in [4.78, 5) is 33.7. The zero-order valence-corrected chi connectivity index (χ0v) is 18.3. The fourth-order valence-corrected chi connectivity index (χ4v) is 4.84. The van der Waals surface area contributed by atoms with Crippen molar-refractivity contribution in [1.29, 1.82) is 0 Å². The number of fused-ring (bicyclic) bond motifs is 1. The zero-order chi connectivity index (χ0) is 21.6. The standard InChI is InChI=1S/C23H19N3O3S2/c1-15-13-30-23(25-15)31-14-16-6-2-3-7-17(16)22(28)29-12-21(27)26-20-10-4-9-19-18(20)8-5-11-24-19/h2-11,13H,12,14H2,1H3,(H,26,27). The van der Waals surface area contributed by atoms with Crippen LogP contribution in [0.2, 0.25) is 0 Å². The molecule has 6 nitrogen and oxygen atoms in total. The lowest BCUT2D eigenvalue weighted by atomic mass is 10.1. The SMILES string of the molecule is Cc1csc(SCc2ccccc2C(=O)OCC(=O)Nc2cccc3ncccc23)n1. The molecular formula is C23H19N3O3S2. The van der Waals surface area contributed by atoms with E-state index in [4.69, 9.17) is 4.74 Å². The van der Waals surface area contributed by atoms with Gasteiger partial charge in [0, 0.05) is 28.4 Å². The van der Waals surface area contributed by atoms with Crippen molar-refractivity contribution in [2.24, 2.45) is 0 Å². The molecule has 0 atom stereocenters. The molecule has 0 fully saturated rings. The fraction of sp³-hybridized carbons (Fsp3) is 0.130. The third kappa shape index (κ3) is 5.28. The van der Waals surface area contributed by atoms with Gasteiger partial charge in [-0.25, -0.2) is 9.78 Å². The Hall–Kier alpha value is -3.23. The van der Waals surface area contributed by atoms with Gasteiger partial charge in [0.15, 0.2) is 6.61 Å². The van der Waals surface area contributed by atoms with Crippen molar-refractivity contribution < 1.29 is 14.3 Å². The van der Waals surface area contributed by atoms with Gasteiger partial charge in [0.1, 0.15) is 4.34 Å². The molecule has 8 heteroatoms. The van der Waals surface area contributed by atoms with Gasteiger partial charge >= 0.3 is 5.97 Å². The van der Waals surface area contributed by atoms with Crippen molar-refractivity contribution in [3.05, 3.63) is 83.0 Å². The highest BCUT2D eigenvalue weighted by Crippen LogP contribution is 2.27. The van der Waals surface area contributed by atoms with Gasteiger partial charge in [-0.2, -0.15) is 0 Å². The summed E-state index contributed by atoms with van der Waals surface area (Å²) >= 11 is 3.14. The molecule has 31 heavy (non-hydrogen) atoms. The first-order valence-electron chi connectivity index (χ1n) is 9.54. The van der Waals surface area contributed by atoms with Gasteiger partial charge in [-0.15, -0.1) is 11.3 Å². The van der Waals surface area contributed by atoms with Crippen LogP contribution in [-0.4, -0.2) is 28.5 Å². The molecule has 0 saturated carbocycles. The quantitative estimate of drug-likeness (QED) is 0.313. The average Bonchev–Trinajstić information content (AvgIpc) is 3.21. The number of ether oxygens (including phenoxy) is 1. The smallest absolute Gasteiger partial charge is 0.338 e. The molecule has 0 aliphatic heterocycles. The minimum atomic E-state index is -0.527. The Morgan fingerprint density at radius 3 is 2.81 bits per heavy atom. The Morgan fingerprint density at radius 1 is 1.10 bits per heavy atom. The van der Waals surface area contributed by atoms with Crippen LogP contribution in [0.4, 0.5) is 5.69 Å². The average molecular weight is 450 g/mol. The number of amides is 1. The van der Waals surface area contributed by atoms with Gasteiger partial charge < -0.3 is 10.1 Å². The van der Waals surface area contributed by atoms with Gasteiger partial charge in [0.05, 0.1) is 16.8 Å². The van der Waals surface area contributed by atoms with Crippen molar-refractivity contribution in [2.75, 3.05) is 11.9 Å². The molecule has 0 radical (unpaired) electrons. The van der Waals surface area contributed by atoms with Crippen molar-refractivity contribution >= 4 is 51.6 Å². The third-order valence-corrected chi connectivity index (χ3v) is 6.63. The van der Waals surface area contributed by atoms with E-state index >= 15 is 0 Å². The number of benzene rings is 2. The van der Waals surface area contributed by atoms with E-state index in [1.165, 1.54) is 0 Å². The number of nitrogens with zero attached hydrogens (tertiary/aromatic N) is 2. The Morgan fingerprint density at radius 2 is 1.97 bits per heavy atom. The van der Waals surface area contributed by atoms with Crippen LogP contribution in [-0.2, 0) is 15.3 Å². The lowest BCUT2D eigenvalue weighted by Crippen LogP contribution is -2.21. The zero-order valence-electron chi connectivity index (χ0n) is 16.7. The van der Waals surface area contributed by atoms with Crippen LogP contribution in [0.1, 0.15) is 21.6 Å². The van der Waals surface area contributed by atoms with E-state index in [-0.39, 0.29) is 6.61 Å². The molecule has 1 N–H and O–H groups in total. The summed E-state index contributed by atoms with van der Waals surface area (Å²) < 4.78 is 6.23. The first-order chi connectivity index (χ1) is 15.1. The number of nitrogens with one attached hydrogen (secondary N) is 1. The van der Waals surface area contributed by atoms with E-state index in [1.807, 2.05) is 42.6 Å². The van der Waals surface area contributed by atoms with Crippen LogP contribution < -0.4 is 5.32 Å². The molecule has 4 rings (SSSR count). The number of carbonyl (C=O) groups is 2. The molecule has 2 aromatic carbocycles. The van der Waals surface area contributed by atoms with Gasteiger partial charge in [-0.3, -0.25) is 9.78 Å². The first-order valence-corrected chi connectivity index (χ1v) is 11.4. The summed E-state index contributed by atoms with van der Waals surface area (Å²) in [5.74, 6) is -0.343. The summed E-state index contributed by atoms with van der Waals surface area (Å²) in [5, 5.41) is 5.60. The highest BCUT2D eigenvalue weighted by Gasteiger charge is 2.15. The highest BCUT2D eigenvalue weighted by molar-refractivity contribution is 8.00. The summed E-state index contributed by atoms with van der Waals surface area (Å²) in [6.07, 6.45) is 1.70. The van der Waals surface area contributed by atoms with Gasteiger partial charge in [-0.05, 0) is 42.8 Å². The third-order valence-electron chi connectivity index (χ3n) is 4.44. The minimum absolute atomic E-state index is 0.372. The molecule has 156 valence electrons. The lowest BCUT2D eigenvalue weighted by Gasteiger charge is -2.10. The molecule has 0 unspecified atom stereocenters. The van der Waals surface area contributed by atoms with E-state index in [9.17, 15) is 9.59 Å². The lowest BCUT2D eigenvalue weighted by molar-refractivity contribution is -0.119. The molecular weight excluding hydrogens is 430 g/mol. The maximum absolute atomic E-state index is 12.6. The second kappa shape index (κ2) is 9.72. The molecule has 0 aliphatic carbocycles. The van der Waals surface area contributed by atoms with Crippen LogP contribution in [0.25, 0.3) is 10.9 Å². The number of pyridine rings is 1. The predicted octanol–water partition coefficient (Wildman–Crippen LogP) is 5.09. The maximum atomic E-state index is 12.6. The number of carbonyl (C=O) groups excluding carboxylic acids is 2. The van der Waals surface area contributed by atoms with Crippen LogP contribution in [0, 0.1) is 6.92 Å². The summed E-state index contributed by atoms with van der Waals surface area (Å²) in [5.41, 5.74) is 3.67. The maximum Gasteiger partial charge on any atom is 0.338 e. The fourth-order valence-electron chi connectivity index (χ4n) is 2.99. The molecule has 0 bridgehead atoms. The van der Waals surface area contributed by atoms with E-state index in [0.717, 1.165) is 26.5 Å². The molecule has 1 amide bonds. The second-order valence-corrected chi connectivity index (χ2v) is 8.78. The molecule has 4 aromatic rings. The molecule has 0 saturated heterocycles. The second-order valence-electron chi connectivity index (χ2n) is 6.70. The topological polar surface area (TPSA) is 81.2 Å². The Balaban J connectivity index is 1.38. The Bertz CT molecular complexity index is 1230. The van der Waals surface area contributed by atoms with Crippen LogP contribution >= 0.6 is 23.1 Å². The summed E-state index contributed by atoms with van der Waals surface area (Å²) in [7, 11) is 0. The number of anilines is 1. The normalized spacial score (nSPS) is 10.7. The largest absolute Gasteiger partial charge is 0.452 e. The monoisotopic (exact) mass is 449 g/mol. The van der Waals surface area contributed by atoms with Crippen LogP contribution in [0.15, 0.2) is 70.5 Å². The molecule has 0 aliphatic rings. The van der Waals surface area contributed by atoms with E-state index in [2.05, 4.69) is 15.3 Å². The van der Waals surface area contributed by atoms with Crippen LogP contribution in [0.3, 0.4) is 0 Å². The number of thiazole rings is 1. The summed E-state index contributed by atoms with van der Waals surface area (Å²) in [6.45, 7) is 1.58. The van der Waals surface area contributed by atoms with Gasteiger partial charge in [0.2, 0.25) is 0 Å². The highest BCUT2D eigenvalue weighted by atomic mass is 32.2. The van der Waals surface area contributed by atoms with Crippen LogP contribution in [0.5, 0.6) is 0 Å². The number of thioether (sulfide) groups is 1. The van der Waals surface area contributed by atoms with E-state index < -0.39 is 11.9 Å². The number of hydrogen-bond acceptors (Lipinski definition) is 7. The van der Waals surface area contributed by atoms with E-state index in [1.54, 1.807) is 53.6 Å². The number of esters is 1. The number of rotatable bonds is 7. The predicted molar refractivity (Wildman–Crippen MR) is 124 cm³/mol. The minimum Gasteiger partial charge on any atom is -0.452 e. The summed E-state index contributed by atoms with van der Waals surface area (Å²) in [6, 6.07) is 16.4. The van der Waals surface area contributed by atoms with E-state index in [0.29, 0.717) is 17.0 Å². The number of hydrogen-bond donors (Lipinski definition) is 1.